The van der Waals surface area contributed by atoms with E-state index in [-0.39, 0.29) is 23.3 Å². The summed E-state index contributed by atoms with van der Waals surface area (Å²) in [6.07, 6.45) is 0. The maximum absolute atomic E-state index is 11.5. The summed E-state index contributed by atoms with van der Waals surface area (Å²) in [5.41, 5.74) is 7.98. The molecule has 2 heterocycles. The molecule has 0 spiro atoms. The molecule has 0 aliphatic carbocycles. The van der Waals surface area contributed by atoms with Crippen molar-refractivity contribution in [3.63, 3.8) is 0 Å². The van der Waals surface area contributed by atoms with Crippen LogP contribution in [0.15, 0.2) is 18.2 Å². The maximum Gasteiger partial charge on any atom is 2.00 e. The molecule has 1 aliphatic heterocycles. The number of carbonyl (C=O) groups excluding carboxylic acids is 1. The predicted molar refractivity (Wildman–Crippen MR) is 56.1 cm³/mol. The number of amides is 1. The molecule has 78 valence electrons. The first kappa shape index (κ1) is 10.8. The van der Waals surface area contributed by atoms with E-state index in [4.69, 9.17) is 0 Å². The van der Waals surface area contributed by atoms with Gasteiger partial charge in [-0.15, -0.1) is 5.69 Å². The van der Waals surface area contributed by atoms with Gasteiger partial charge in [0.25, 0.3) is 5.91 Å². The zero-order chi connectivity index (χ0) is 10.4. The Balaban J connectivity index is 0.000000963. The quantitative estimate of drug-likeness (QED) is 0.692. The molecule has 0 unspecified atom stereocenters. The summed E-state index contributed by atoms with van der Waals surface area (Å²) in [5, 5.41) is 0.800. The molecule has 1 aromatic heterocycles. The summed E-state index contributed by atoms with van der Waals surface area (Å²) in [6.45, 7) is 3.73. The van der Waals surface area contributed by atoms with Gasteiger partial charge in [0.15, 0.2) is 0 Å². The van der Waals surface area contributed by atoms with Crippen LogP contribution in [0.5, 0.6) is 0 Å². The Hall–Kier alpha value is -1.70. The standard InChI is InChI=1S/C11H7N3O.Cr/c1-6-5-9-10-7(11(15)14-13-9)3-2-4-8(10)12-6;/h2-4,13H,1H2,(H,14,15);/q-2;+2. The second-order valence-electron chi connectivity index (χ2n) is 3.34. The van der Waals surface area contributed by atoms with Crippen LogP contribution in [0.1, 0.15) is 16.1 Å². The first-order valence-electron chi connectivity index (χ1n) is 4.50. The number of hydrogen-bond donors (Lipinski definition) is 2. The van der Waals surface area contributed by atoms with Crippen LogP contribution in [-0.4, -0.2) is 10.9 Å². The van der Waals surface area contributed by atoms with Crippen molar-refractivity contribution in [2.45, 2.75) is 0 Å². The molecule has 0 radical (unpaired) electrons. The van der Waals surface area contributed by atoms with Crippen molar-refractivity contribution in [2.75, 3.05) is 5.43 Å². The van der Waals surface area contributed by atoms with Crippen LogP contribution in [0, 0.1) is 13.0 Å². The third-order valence-corrected chi connectivity index (χ3v) is 2.36. The van der Waals surface area contributed by atoms with Gasteiger partial charge in [0, 0.05) is 10.9 Å². The topological polar surface area (TPSA) is 54.0 Å². The summed E-state index contributed by atoms with van der Waals surface area (Å²) in [7, 11) is 0. The van der Waals surface area contributed by atoms with E-state index in [0.717, 1.165) is 16.6 Å². The van der Waals surface area contributed by atoms with Crippen LogP contribution in [0.2, 0.25) is 0 Å². The smallest absolute Gasteiger partial charge is 0.454 e. The van der Waals surface area contributed by atoms with Crippen LogP contribution in [0.25, 0.3) is 10.9 Å². The molecule has 5 heteroatoms. The molecule has 0 atom stereocenters. The first-order valence-corrected chi connectivity index (χ1v) is 4.50. The van der Waals surface area contributed by atoms with E-state index in [1.54, 1.807) is 12.1 Å². The minimum absolute atomic E-state index is 0. The SMILES string of the molecule is [CH2-]c1[c-]c2c3c(cccc3n1)C(=O)NN2.[Cr+2]. The molecule has 0 saturated carbocycles. The van der Waals surface area contributed by atoms with Crippen LogP contribution >= 0.6 is 0 Å². The van der Waals surface area contributed by atoms with Gasteiger partial charge in [-0.05, 0) is 12.1 Å². The molecule has 1 aliphatic rings. The van der Waals surface area contributed by atoms with Gasteiger partial charge in [0.1, 0.15) is 0 Å². The van der Waals surface area contributed by atoms with Gasteiger partial charge in [-0.3, -0.25) is 15.9 Å². The van der Waals surface area contributed by atoms with Crippen molar-refractivity contribution in [1.82, 2.24) is 10.4 Å². The molecule has 4 nitrogen and oxygen atoms in total. The second-order valence-corrected chi connectivity index (χ2v) is 3.34. The fourth-order valence-corrected chi connectivity index (χ4v) is 1.75. The Morgan fingerprint density at radius 2 is 2.12 bits per heavy atom. The van der Waals surface area contributed by atoms with Gasteiger partial charge >= 0.3 is 17.4 Å². The maximum atomic E-state index is 11.5. The molecule has 3 rings (SSSR count). The largest absolute Gasteiger partial charge is 2.00 e. The van der Waals surface area contributed by atoms with Crippen molar-refractivity contribution in [3.05, 3.63) is 42.4 Å². The summed E-state index contributed by atoms with van der Waals surface area (Å²) in [5.74, 6) is -0.153. The van der Waals surface area contributed by atoms with E-state index in [1.807, 2.05) is 6.07 Å². The summed E-state index contributed by atoms with van der Waals surface area (Å²) < 4.78 is 0. The van der Waals surface area contributed by atoms with E-state index >= 15 is 0 Å². The molecule has 1 aromatic carbocycles. The van der Waals surface area contributed by atoms with Gasteiger partial charge in [-0.1, -0.05) is 6.07 Å². The summed E-state index contributed by atoms with van der Waals surface area (Å²) >= 11 is 0. The average Bonchev–Trinajstić information content (AvgIpc) is 2.23. The van der Waals surface area contributed by atoms with Crippen molar-refractivity contribution in [2.24, 2.45) is 0 Å². The van der Waals surface area contributed by atoms with E-state index < -0.39 is 0 Å². The molecule has 16 heavy (non-hydrogen) atoms. The third-order valence-electron chi connectivity index (χ3n) is 2.36. The number of pyridine rings is 1. The first-order chi connectivity index (χ1) is 7.25. The second kappa shape index (κ2) is 3.71. The van der Waals surface area contributed by atoms with Crippen LogP contribution in [0.3, 0.4) is 0 Å². The van der Waals surface area contributed by atoms with E-state index in [0.29, 0.717) is 11.3 Å². The van der Waals surface area contributed by atoms with E-state index in [2.05, 4.69) is 28.8 Å². The fraction of sp³-hybridized carbons (Fsp3) is 0. The summed E-state index contributed by atoms with van der Waals surface area (Å²) in [4.78, 5) is 15.8. The summed E-state index contributed by atoms with van der Waals surface area (Å²) in [6, 6.07) is 8.39. The van der Waals surface area contributed by atoms with Crippen LogP contribution in [0.4, 0.5) is 5.69 Å². The van der Waals surface area contributed by atoms with E-state index in [9.17, 15) is 4.79 Å². The molecule has 2 aromatic rings. The number of rotatable bonds is 0. The van der Waals surface area contributed by atoms with Gasteiger partial charge in [-0.2, -0.15) is 0 Å². The van der Waals surface area contributed by atoms with Crippen molar-refractivity contribution >= 4 is 22.5 Å². The molecule has 0 fully saturated rings. The normalized spacial score (nSPS) is 12.6. The Labute approximate surface area is 103 Å². The van der Waals surface area contributed by atoms with Gasteiger partial charge < -0.3 is 23.4 Å². The molecule has 1 amide bonds. The Morgan fingerprint density at radius 1 is 1.31 bits per heavy atom. The molecular formula is C11H7CrN3O. The zero-order valence-corrected chi connectivity index (χ0v) is 9.48. The minimum atomic E-state index is -0.153. The van der Waals surface area contributed by atoms with Gasteiger partial charge in [0.2, 0.25) is 0 Å². The fourth-order valence-electron chi connectivity index (χ4n) is 1.75. The van der Waals surface area contributed by atoms with Gasteiger partial charge in [0.05, 0.1) is 5.52 Å². The number of carbonyl (C=O) groups is 1. The molecule has 0 bridgehead atoms. The molecular weight excluding hydrogens is 242 g/mol. The Kier molecular flexibility index (Phi) is 2.50. The van der Waals surface area contributed by atoms with Crippen molar-refractivity contribution in [3.8, 4) is 0 Å². The number of benzene rings is 1. The third kappa shape index (κ3) is 1.42. The number of nitrogens with zero attached hydrogens (tertiary/aromatic N) is 1. The zero-order valence-electron chi connectivity index (χ0n) is 8.20. The molecule has 0 saturated heterocycles. The predicted octanol–water partition coefficient (Wildman–Crippen LogP) is 1.28. The van der Waals surface area contributed by atoms with Crippen LogP contribution in [-0.2, 0) is 17.4 Å². The number of aromatic nitrogens is 1. The average molecular weight is 249 g/mol. The monoisotopic (exact) mass is 249 g/mol. The Bertz CT molecular complexity index is 583. The van der Waals surface area contributed by atoms with Crippen molar-refractivity contribution in [1.29, 1.82) is 0 Å². The number of nitrogens with one attached hydrogen (secondary N) is 2. The van der Waals surface area contributed by atoms with Crippen molar-refractivity contribution < 1.29 is 22.2 Å². The van der Waals surface area contributed by atoms with Gasteiger partial charge in [-0.25, -0.2) is 0 Å². The van der Waals surface area contributed by atoms with Crippen LogP contribution < -0.4 is 10.9 Å². The van der Waals surface area contributed by atoms with E-state index in [1.165, 1.54) is 0 Å². The minimum Gasteiger partial charge on any atom is -0.454 e. The Morgan fingerprint density at radius 3 is 2.94 bits per heavy atom. The number of anilines is 1. The number of hydrazine groups is 1. The molecule has 2 N–H and O–H groups in total. The number of hydrogen-bond acceptors (Lipinski definition) is 3.